The van der Waals surface area contributed by atoms with Gasteiger partial charge < -0.3 is 5.11 Å². The van der Waals surface area contributed by atoms with Crippen LogP contribution in [-0.2, 0) is 13.2 Å². The summed E-state index contributed by atoms with van der Waals surface area (Å²) in [7, 11) is 0. The van der Waals surface area contributed by atoms with Gasteiger partial charge in [0.25, 0.3) is 0 Å². The fraction of sp³-hybridized carbons (Fsp3) is 0.625. The van der Waals surface area contributed by atoms with Gasteiger partial charge in [-0.15, -0.1) is 0 Å². The normalized spacial score (nSPS) is 28.3. The maximum Gasteiger partial charge on any atom is 0.0681 e. The average molecular weight is 245 g/mol. The number of hydrogen-bond acceptors (Lipinski definition) is 2. The predicted octanol–water partition coefficient (Wildman–Crippen LogP) is 2.94. The van der Waals surface area contributed by atoms with Crippen molar-refractivity contribution in [3.8, 4) is 0 Å². The maximum atomic E-state index is 9.06. The molecule has 1 aromatic rings. The van der Waals surface area contributed by atoms with E-state index in [1.54, 1.807) is 0 Å². The molecule has 98 valence electrons. The Labute approximate surface area is 110 Å². The molecule has 1 aromatic carbocycles. The molecule has 2 nitrogen and oxygen atoms in total. The van der Waals surface area contributed by atoms with Gasteiger partial charge in [0, 0.05) is 12.6 Å². The number of hydrogen-bond donors (Lipinski definition) is 1. The third kappa shape index (κ3) is 2.45. The Bertz CT molecular complexity index is 387. The summed E-state index contributed by atoms with van der Waals surface area (Å²) in [5.41, 5.74) is 2.40. The smallest absolute Gasteiger partial charge is 0.0681 e. The monoisotopic (exact) mass is 245 g/mol. The van der Waals surface area contributed by atoms with Gasteiger partial charge in [-0.05, 0) is 42.9 Å². The fourth-order valence-electron chi connectivity index (χ4n) is 3.68. The van der Waals surface area contributed by atoms with E-state index in [2.05, 4.69) is 17.0 Å². The van der Waals surface area contributed by atoms with Crippen LogP contribution in [0.3, 0.4) is 0 Å². The first-order valence-electron chi connectivity index (χ1n) is 7.29. The highest BCUT2D eigenvalue weighted by Gasteiger charge is 2.35. The van der Waals surface area contributed by atoms with E-state index in [0.717, 1.165) is 24.1 Å². The molecule has 1 saturated heterocycles. The summed E-state index contributed by atoms with van der Waals surface area (Å²) in [4.78, 5) is 2.68. The molecule has 2 fully saturated rings. The van der Waals surface area contributed by atoms with Crippen molar-refractivity contribution in [3.05, 3.63) is 35.4 Å². The summed E-state index contributed by atoms with van der Waals surface area (Å²) < 4.78 is 0. The molecular formula is C16H23NO. The van der Waals surface area contributed by atoms with E-state index in [9.17, 15) is 0 Å². The van der Waals surface area contributed by atoms with Crippen molar-refractivity contribution in [2.75, 3.05) is 6.54 Å². The molecule has 1 N–H and O–H groups in total. The Morgan fingerprint density at radius 3 is 2.50 bits per heavy atom. The number of aliphatic hydroxyl groups is 1. The zero-order valence-corrected chi connectivity index (χ0v) is 11.0. The van der Waals surface area contributed by atoms with Gasteiger partial charge in [0.2, 0.25) is 0 Å². The molecule has 0 spiro atoms. The summed E-state index contributed by atoms with van der Waals surface area (Å²) in [5, 5.41) is 9.06. The number of fused-ring (bicyclic) bond motifs is 1. The van der Waals surface area contributed by atoms with E-state index < -0.39 is 0 Å². The van der Waals surface area contributed by atoms with Crippen LogP contribution in [0.15, 0.2) is 24.3 Å². The Hall–Kier alpha value is -0.860. The molecule has 0 aromatic heterocycles. The number of likely N-dealkylation sites (tertiary alicyclic amines) is 1. The zero-order valence-electron chi connectivity index (χ0n) is 11.0. The second kappa shape index (κ2) is 5.41. The number of nitrogens with zero attached hydrogens (tertiary/aromatic N) is 1. The van der Waals surface area contributed by atoms with Gasteiger partial charge >= 0.3 is 0 Å². The molecular weight excluding hydrogens is 222 g/mol. The Morgan fingerprint density at radius 2 is 1.72 bits per heavy atom. The first-order chi connectivity index (χ1) is 8.86. The standard InChI is InChI=1S/C16H23NO/c18-12-14-7-5-13(6-8-14)11-17-10-9-15-3-1-2-4-16(15)17/h5-8,15-16,18H,1-4,9-12H2. The lowest BCUT2D eigenvalue weighted by atomic mass is 9.85. The van der Waals surface area contributed by atoms with Crippen molar-refractivity contribution in [2.24, 2.45) is 5.92 Å². The lowest BCUT2D eigenvalue weighted by Crippen LogP contribution is -2.34. The Morgan fingerprint density at radius 1 is 1.00 bits per heavy atom. The van der Waals surface area contributed by atoms with Gasteiger partial charge in [0.1, 0.15) is 0 Å². The third-order valence-corrected chi connectivity index (χ3v) is 4.72. The van der Waals surface area contributed by atoms with Crippen LogP contribution in [0.1, 0.15) is 43.2 Å². The van der Waals surface area contributed by atoms with Gasteiger partial charge in [-0.3, -0.25) is 4.90 Å². The number of aliphatic hydroxyl groups excluding tert-OH is 1. The SMILES string of the molecule is OCc1ccc(CN2CCC3CCCCC32)cc1. The van der Waals surface area contributed by atoms with Crippen molar-refractivity contribution < 1.29 is 5.11 Å². The Kier molecular flexibility index (Phi) is 3.67. The first-order valence-corrected chi connectivity index (χ1v) is 7.29. The molecule has 1 aliphatic carbocycles. The van der Waals surface area contributed by atoms with Crippen molar-refractivity contribution in [1.82, 2.24) is 4.90 Å². The molecule has 0 amide bonds. The molecule has 2 aliphatic rings. The molecule has 3 rings (SSSR count). The van der Waals surface area contributed by atoms with Crippen LogP contribution in [0.5, 0.6) is 0 Å². The van der Waals surface area contributed by atoms with Crippen molar-refractivity contribution in [1.29, 1.82) is 0 Å². The topological polar surface area (TPSA) is 23.5 Å². The summed E-state index contributed by atoms with van der Waals surface area (Å²) in [5.74, 6) is 0.968. The molecule has 1 saturated carbocycles. The lowest BCUT2D eigenvalue weighted by molar-refractivity contribution is 0.176. The summed E-state index contributed by atoms with van der Waals surface area (Å²) >= 11 is 0. The molecule has 0 radical (unpaired) electrons. The van der Waals surface area contributed by atoms with Crippen LogP contribution >= 0.6 is 0 Å². The largest absolute Gasteiger partial charge is 0.392 e. The summed E-state index contributed by atoms with van der Waals surface area (Å²) in [6.07, 6.45) is 7.12. The third-order valence-electron chi connectivity index (χ3n) is 4.72. The molecule has 2 heteroatoms. The molecule has 0 bridgehead atoms. The lowest BCUT2D eigenvalue weighted by Gasteiger charge is -2.31. The molecule has 2 atom stereocenters. The van der Waals surface area contributed by atoms with E-state index in [0.29, 0.717) is 0 Å². The van der Waals surface area contributed by atoms with Gasteiger partial charge in [-0.1, -0.05) is 37.1 Å². The van der Waals surface area contributed by atoms with Crippen LogP contribution in [0.2, 0.25) is 0 Å². The summed E-state index contributed by atoms with van der Waals surface area (Å²) in [6.45, 7) is 2.51. The van der Waals surface area contributed by atoms with Crippen LogP contribution in [-0.4, -0.2) is 22.6 Å². The van der Waals surface area contributed by atoms with E-state index in [1.165, 1.54) is 44.2 Å². The van der Waals surface area contributed by atoms with Gasteiger partial charge in [-0.25, -0.2) is 0 Å². The highest BCUT2D eigenvalue weighted by molar-refractivity contribution is 5.22. The average Bonchev–Trinajstić information content (AvgIpc) is 2.83. The van der Waals surface area contributed by atoms with E-state index in [4.69, 9.17) is 5.11 Å². The molecule has 1 heterocycles. The summed E-state index contributed by atoms with van der Waals surface area (Å²) in [6, 6.07) is 9.27. The fourth-order valence-corrected chi connectivity index (χ4v) is 3.68. The van der Waals surface area contributed by atoms with Crippen molar-refractivity contribution in [2.45, 2.75) is 51.3 Å². The second-order valence-electron chi connectivity index (χ2n) is 5.85. The molecule has 2 unspecified atom stereocenters. The van der Waals surface area contributed by atoms with E-state index in [1.807, 2.05) is 12.1 Å². The zero-order chi connectivity index (χ0) is 12.4. The minimum Gasteiger partial charge on any atom is -0.392 e. The quantitative estimate of drug-likeness (QED) is 0.885. The van der Waals surface area contributed by atoms with Gasteiger partial charge in [0.15, 0.2) is 0 Å². The van der Waals surface area contributed by atoms with Gasteiger partial charge in [-0.2, -0.15) is 0 Å². The Balaban J connectivity index is 1.65. The minimum absolute atomic E-state index is 0.148. The van der Waals surface area contributed by atoms with E-state index in [-0.39, 0.29) is 6.61 Å². The van der Waals surface area contributed by atoms with Crippen LogP contribution < -0.4 is 0 Å². The van der Waals surface area contributed by atoms with Gasteiger partial charge in [0.05, 0.1) is 6.61 Å². The highest BCUT2D eigenvalue weighted by atomic mass is 16.3. The van der Waals surface area contributed by atoms with Crippen LogP contribution in [0.25, 0.3) is 0 Å². The minimum atomic E-state index is 0.148. The van der Waals surface area contributed by atoms with Crippen molar-refractivity contribution in [3.63, 3.8) is 0 Å². The van der Waals surface area contributed by atoms with Crippen molar-refractivity contribution >= 4 is 0 Å². The number of rotatable bonds is 3. The molecule has 1 aliphatic heterocycles. The highest BCUT2D eigenvalue weighted by Crippen LogP contribution is 2.36. The second-order valence-corrected chi connectivity index (χ2v) is 5.85. The molecule has 18 heavy (non-hydrogen) atoms. The van der Waals surface area contributed by atoms with Crippen LogP contribution in [0.4, 0.5) is 0 Å². The van der Waals surface area contributed by atoms with E-state index >= 15 is 0 Å². The van der Waals surface area contributed by atoms with Crippen LogP contribution in [0, 0.1) is 5.92 Å². The number of benzene rings is 1. The predicted molar refractivity (Wildman–Crippen MR) is 73.1 cm³/mol. The first kappa shape index (κ1) is 12.2. The maximum absolute atomic E-state index is 9.06.